The van der Waals surface area contributed by atoms with Crippen LogP contribution in [0.2, 0.25) is 0 Å². The van der Waals surface area contributed by atoms with Crippen molar-refractivity contribution in [3.05, 3.63) is 23.8 Å². The van der Waals surface area contributed by atoms with Crippen molar-refractivity contribution >= 4 is 0 Å². The Hall–Kier alpha value is -0.560. The summed E-state index contributed by atoms with van der Waals surface area (Å²) in [6, 6.07) is 0. The number of allylic oxidation sites excluding steroid dienone is 2. The maximum Gasteiger partial charge on any atom is 0.0613 e. The van der Waals surface area contributed by atoms with Crippen LogP contribution in [0.4, 0.5) is 0 Å². The lowest BCUT2D eigenvalue weighted by Gasteiger charge is -2.45. The van der Waals surface area contributed by atoms with E-state index in [1.807, 2.05) is 0 Å². The molecule has 0 aromatic carbocycles. The van der Waals surface area contributed by atoms with Crippen molar-refractivity contribution < 1.29 is 5.11 Å². The van der Waals surface area contributed by atoms with E-state index in [9.17, 15) is 5.11 Å². The average molecular weight is 220 g/mol. The molecule has 1 saturated carbocycles. The molecule has 16 heavy (non-hydrogen) atoms. The zero-order valence-corrected chi connectivity index (χ0v) is 10.7. The summed E-state index contributed by atoms with van der Waals surface area (Å²) in [6.45, 7) is 10.9. The number of hydrogen-bond acceptors (Lipinski definition) is 1. The van der Waals surface area contributed by atoms with Crippen LogP contribution in [0.5, 0.6) is 0 Å². The van der Waals surface area contributed by atoms with Crippen LogP contribution in [-0.2, 0) is 0 Å². The minimum absolute atomic E-state index is 0.184. The number of fused-ring (bicyclic) bond motifs is 1. The molecule has 0 aromatic rings. The van der Waals surface area contributed by atoms with Gasteiger partial charge in [0.25, 0.3) is 0 Å². The lowest BCUT2D eigenvalue weighted by atomic mass is 9.61. The fourth-order valence-electron chi connectivity index (χ4n) is 3.66. The molecule has 2 rings (SSSR count). The van der Waals surface area contributed by atoms with Crippen LogP contribution in [-0.4, -0.2) is 11.2 Å². The van der Waals surface area contributed by atoms with Crippen molar-refractivity contribution in [2.75, 3.05) is 0 Å². The molecular weight excluding hydrogens is 196 g/mol. The zero-order valence-electron chi connectivity index (χ0n) is 10.7. The van der Waals surface area contributed by atoms with Crippen molar-refractivity contribution in [3.8, 4) is 0 Å². The summed E-state index contributed by atoms with van der Waals surface area (Å²) in [5.41, 5.74) is 2.77. The van der Waals surface area contributed by atoms with E-state index in [1.165, 1.54) is 24.0 Å². The molecule has 0 amide bonds. The topological polar surface area (TPSA) is 20.2 Å². The molecule has 0 heterocycles. The molecule has 2 aliphatic rings. The Morgan fingerprint density at radius 2 is 2.12 bits per heavy atom. The highest BCUT2D eigenvalue weighted by atomic mass is 16.3. The first-order valence-corrected chi connectivity index (χ1v) is 6.53. The minimum Gasteiger partial charge on any atom is -0.392 e. The molecule has 0 aromatic heterocycles. The Morgan fingerprint density at radius 1 is 1.44 bits per heavy atom. The van der Waals surface area contributed by atoms with Gasteiger partial charge in [0.15, 0.2) is 0 Å². The van der Waals surface area contributed by atoms with Gasteiger partial charge in [-0.3, -0.25) is 0 Å². The number of rotatable bonds is 1. The van der Waals surface area contributed by atoms with Crippen LogP contribution in [0, 0.1) is 23.7 Å². The third-order valence-corrected chi connectivity index (χ3v) is 4.45. The molecule has 0 aliphatic heterocycles. The highest BCUT2D eigenvalue weighted by molar-refractivity contribution is 5.21. The second kappa shape index (κ2) is 4.37. The SMILES string of the molecule is C=C1C[C@H](O)[C@@H](C(C)C)[C@@H]2C=C(C)CC[C@@H]12. The molecule has 4 atom stereocenters. The average Bonchev–Trinajstić information content (AvgIpc) is 2.15. The van der Waals surface area contributed by atoms with E-state index in [0.717, 1.165) is 6.42 Å². The molecule has 0 radical (unpaired) electrons. The van der Waals surface area contributed by atoms with Crippen LogP contribution in [0.25, 0.3) is 0 Å². The van der Waals surface area contributed by atoms with Gasteiger partial charge in [0, 0.05) is 0 Å². The second-order valence-corrected chi connectivity index (χ2v) is 5.99. The Kier molecular flexibility index (Phi) is 3.25. The van der Waals surface area contributed by atoms with Crippen LogP contribution in [0.15, 0.2) is 23.8 Å². The fraction of sp³-hybridized carbons (Fsp3) is 0.733. The lowest BCUT2D eigenvalue weighted by molar-refractivity contribution is 0.0163. The molecule has 1 N–H and O–H groups in total. The largest absolute Gasteiger partial charge is 0.392 e. The summed E-state index contributed by atoms with van der Waals surface area (Å²) in [4.78, 5) is 0. The number of aliphatic hydroxyl groups excluding tert-OH is 1. The quantitative estimate of drug-likeness (QED) is 0.670. The molecule has 1 nitrogen and oxygen atoms in total. The molecule has 0 spiro atoms. The highest BCUT2D eigenvalue weighted by Gasteiger charge is 2.41. The van der Waals surface area contributed by atoms with Gasteiger partial charge in [0.05, 0.1) is 6.10 Å². The van der Waals surface area contributed by atoms with E-state index in [-0.39, 0.29) is 6.10 Å². The molecule has 90 valence electrons. The van der Waals surface area contributed by atoms with E-state index in [0.29, 0.717) is 23.7 Å². The Balaban J connectivity index is 2.31. The van der Waals surface area contributed by atoms with Crippen molar-refractivity contribution in [2.45, 2.75) is 46.1 Å². The van der Waals surface area contributed by atoms with Crippen molar-refractivity contribution in [1.29, 1.82) is 0 Å². The Bertz CT molecular complexity index is 313. The Morgan fingerprint density at radius 3 is 2.75 bits per heavy atom. The predicted octanol–water partition coefficient (Wildman–Crippen LogP) is 3.55. The van der Waals surface area contributed by atoms with Crippen LogP contribution in [0.3, 0.4) is 0 Å². The number of aliphatic hydroxyl groups is 1. The Labute approximate surface area is 99.3 Å². The third-order valence-electron chi connectivity index (χ3n) is 4.45. The molecule has 0 bridgehead atoms. The van der Waals surface area contributed by atoms with Crippen molar-refractivity contribution in [2.24, 2.45) is 23.7 Å². The zero-order chi connectivity index (χ0) is 11.9. The van der Waals surface area contributed by atoms with Gasteiger partial charge >= 0.3 is 0 Å². The summed E-state index contributed by atoms with van der Waals surface area (Å²) in [7, 11) is 0. The summed E-state index contributed by atoms with van der Waals surface area (Å²) in [5.74, 6) is 2.13. The normalized spacial score (nSPS) is 39.6. The van der Waals surface area contributed by atoms with Gasteiger partial charge in [-0.05, 0) is 49.9 Å². The van der Waals surface area contributed by atoms with E-state index in [4.69, 9.17) is 0 Å². The fourth-order valence-corrected chi connectivity index (χ4v) is 3.66. The van der Waals surface area contributed by atoms with E-state index in [1.54, 1.807) is 0 Å². The van der Waals surface area contributed by atoms with Gasteiger partial charge in [-0.1, -0.05) is 37.6 Å². The molecular formula is C15H24O. The number of hydrogen-bond donors (Lipinski definition) is 1. The summed E-state index contributed by atoms with van der Waals surface area (Å²) in [6.07, 6.45) is 5.49. The predicted molar refractivity (Wildman–Crippen MR) is 68.1 cm³/mol. The van der Waals surface area contributed by atoms with Crippen molar-refractivity contribution in [1.82, 2.24) is 0 Å². The summed E-state index contributed by atoms with van der Waals surface area (Å²) < 4.78 is 0. The van der Waals surface area contributed by atoms with E-state index >= 15 is 0 Å². The van der Waals surface area contributed by atoms with Gasteiger partial charge in [-0.15, -0.1) is 0 Å². The smallest absolute Gasteiger partial charge is 0.0613 e. The summed E-state index contributed by atoms with van der Waals surface area (Å²) in [5, 5.41) is 10.2. The maximum absolute atomic E-state index is 10.2. The molecule has 2 aliphatic carbocycles. The monoisotopic (exact) mass is 220 g/mol. The molecule has 0 saturated heterocycles. The highest BCUT2D eigenvalue weighted by Crippen LogP contribution is 2.47. The molecule has 1 fully saturated rings. The molecule has 1 heteroatoms. The first-order chi connectivity index (χ1) is 7.50. The van der Waals surface area contributed by atoms with Crippen LogP contribution >= 0.6 is 0 Å². The minimum atomic E-state index is -0.184. The van der Waals surface area contributed by atoms with Gasteiger partial charge in [-0.25, -0.2) is 0 Å². The van der Waals surface area contributed by atoms with Gasteiger partial charge in [-0.2, -0.15) is 0 Å². The van der Waals surface area contributed by atoms with Gasteiger partial charge in [0.2, 0.25) is 0 Å². The van der Waals surface area contributed by atoms with Gasteiger partial charge in [0.1, 0.15) is 0 Å². The van der Waals surface area contributed by atoms with Crippen molar-refractivity contribution in [3.63, 3.8) is 0 Å². The second-order valence-electron chi connectivity index (χ2n) is 5.99. The van der Waals surface area contributed by atoms with Gasteiger partial charge < -0.3 is 5.11 Å². The standard InChI is InChI=1S/C15H24O/c1-9(2)15-13-7-10(3)5-6-12(13)11(4)8-14(15)16/h7,9,12-16H,4-6,8H2,1-3H3/t12-,13+,14-,15-/m0/s1. The third kappa shape index (κ3) is 1.98. The van der Waals surface area contributed by atoms with E-state index < -0.39 is 0 Å². The lowest BCUT2D eigenvalue weighted by Crippen LogP contribution is -2.42. The molecule has 0 unspecified atom stereocenters. The van der Waals surface area contributed by atoms with Crippen LogP contribution in [0.1, 0.15) is 40.0 Å². The first-order valence-electron chi connectivity index (χ1n) is 6.53. The van der Waals surface area contributed by atoms with Crippen LogP contribution < -0.4 is 0 Å². The first kappa shape index (κ1) is 11.9. The summed E-state index contributed by atoms with van der Waals surface area (Å²) >= 11 is 0. The maximum atomic E-state index is 10.2. The van der Waals surface area contributed by atoms with E-state index in [2.05, 4.69) is 33.4 Å².